The van der Waals surface area contributed by atoms with Gasteiger partial charge < -0.3 is 14.1 Å². The molecule has 0 aromatic carbocycles. The van der Waals surface area contributed by atoms with Gasteiger partial charge in [-0.05, 0) is 51.8 Å². The van der Waals surface area contributed by atoms with Crippen molar-refractivity contribution >= 4 is 18.0 Å². The van der Waals surface area contributed by atoms with E-state index in [0.717, 1.165) is 6.42 Å². The maximum atomic E-state index is 12.2. The highest BCUT2D eigenvalue weighted by Crippen LogP contribution is 2.21. The molecule has 21 heavy (non-hydrogen) atoms. The second-order valence-electron chi connectivity index (χ2n) is 6.07. The molecule has 5 heteroatoms. The number of likely N-dealkylation sites (tertiary alicyclic amines) is 1. The van der Waals surface area contributed by atoms with Gasteiger partial charge in [0.05, 0.1) is 6.26 Å². The maximum Gasteiger partial charge on any atom is 0.329 e. The van der Waals surface area contributed by atoms with Crippen LogP contribution >= 0.6 is 0 Å². The van der Waals surface area contributed by atoms with E-state index in [9.17, 15) is 9.59 Å². The Hall–Kier alpha value is -2.04. The number of furan rings is 1. The fraction of sp³-hybridized carbons (Fsp3) is 0.500. The number of hydrogen-bond acceptors (Lipinski definition) is 4. The van der Waals surface area contributed by atoms with E-state index in [4.69, 9.17) is 9.15 Å². The molecule has 0 aliphatic carbocycles. The molecule has 1 atom stereocenters. The third-order valence-electron chi connectivity index (χ3n) is 3.15. The fourth-order valence-corrected chi connectivity index (χ4v) is 2.28. The lowest BCUT2D eigenvalue weighted by Gasteiger charge is -2.26. The topological polar surface area (TPSA) is 59.8 Å². The average molecular weight is 291 g/mol. The molecule has 0 bridgehead atoms. The zero-order valence-electron chi connectivity index (χ0n) is 12.7. The quantitative estimate of drug-likeness (QED) is 0.634. The second kappa shape index (κ2) is 6.16. The minimum Gasteiger partial charge on any atom is -0.465 e. The van der Waals surface area contributed by atoms with E-state index in [1.807, 2.05) is 20.8 Å². The van der Waals surface area contributed by atoms with Crippen molar-refractivity contribution in [1.82, 2.24) is 4.90 Å². The number of ether oxygens (including phenoxy) is 1. The first-order chi connectivity index (χ1) is 9.87. The number of rotatable bonds is 3. The van der Waals surface area contributed by atoms with Crippen LogP contribution in [0.1, 0.15) is 39.4 Å². The number of amides is 1. The third kappa shape index (κ3) is 4.21. The summed E-state index contributed by atoms with van der Waals surface area (Å²) in [6.07, 6.45) is 6.04. The number of esters is 1. The van der Waals surface area contributed by atoms with Crippen molar-refractivity contribution in [2.75, 3.05) is 6.54 Å². The van der Waals surface area contributed by atoms with Crippen molar-refractivity contribution in [1.29, 1.82) is 0 Å². The number of carbonyl (C=O) groups excluding carboxylic acids is 2. The van der Waals surface area contributed by atoms with Crippen molar-refractivity contribution < 1.29 is 18.7 Å². The molecule has 1 saturated heterocycles. The smallest absolute Gasteiger partial charge is 0.329 e. The molecule has 0 N–H and O–H groups in total. The van der Waals surface area contributed by atoms with Crippen LogP contribution in [0.15, 0.2) is 28.9 Å². The van der Waals surface area contributed by atoms with Gasteiger partial charge in [-0.1, -0.05) is 0 Å². The summed E-state index contributed by atoms with van der Waals surface area (Å²) in [6.45, 7) is 6.04. The largest absolute Gasteiger partial charge is 0.465 e. The van der Waals surface area contributed by atoms with Gasteiger partial charge in [-0.25, -0.2) is 4.79 Å². The Balaban J connectivity index is 2.01. The predicted molar refractivity (Wildman–Crippen MR) is 78.3 cm³/mol. The molecule has 1 aliphatic rings. The number of hydrogen-bond donors (Lipinski definition) is 0. The van der Waals surface area contributed by atoms with Crippen LogP contribution in [0.3, 0.4) is 0 Å². The molecule has 0 radical (unpaired) electrons. The molecule has 1 aromatic rings. The Morgan fingerprint density at radius 1 is 1.43 bits per heavy atom. The lowest BCUT2D eigenvalue weighted by Crippen LogP contribution is -2.42. The summed E-state index contributed by atoms with van der Waals surface area (Å²) in [5.41, 5.74) is -0.543. The van der Waals surface area contributed by atoms with Gasteiger partial charge in [-0.15, -0.1) is 0 Å². The molecule has 2 heterocycles. The maximum absolute atomic E-state index is 12.2. The molecule has 1 amide bonds. The lowest BCUT2D eigenvalue weighted by molar-refractivity contribution is -0.162. The Morgan fingerprint density at radius 2 is 2.19 bits per heavy atom. The summed E-state index contributed by atoms with van der Waals surface area (Å²) >= 11 is 0. The Labute approximate surface area is 124 Å². The molecule has 1 fully saturated rings. The first kappa shape index (κ1) is 15.4. The van der Waals surface area contributed by atoms with Gasteiger partial charge in [0.2, 0.25) is 5.91 Å². The summed E-state index contributed by atoms with van der Waals surface area (Å²) in [5, 5.41) is 0. The van der Waals surface area contributed by atoms with Gasteiger partial charge in [-0.2, -0.15) is 0 Å². The van der Waals surface area contributed by atoms with Crippen LogP contribution < -0.4 is 0 Å². The fourth-order valence-electron chi connectivity index (χ4n) is 2.28. The van der Waals surface area contributed by atoms with E-state index in [-0.39, 0.29) is 11.9 Å². The monoisotopic (exact) mass is 291 g/mol. The lowest BCUT2D eigenvalue weighted by atomic mass is 10.1. The van der Waals surface area contributed by atoms with Gasteiger partial charge in [-0.3, -0.25) is 4.79 Å². The SMILES string of the molecule is CC(C)(C)OC(=O)[C@@H]1CCCN1C(=O)/C=C/c1ccco1. The Kier molecular flexibility index (Phi) is 4.50. The van der Waals surface area contributed by atoms with E-state index in [2.05, 4.69) is 0 Å². The van der Waals surface area contributed by atoms with Crippen LogP contribution in [0, 0.1) is 0 Å². The van der Waals surface area contributed by atoms with Crippen molar-refractivity contribution in [2.24, 2.45) is 0 Å². The highest BCUT2D eigenvalue weighted by molar-refractivity contribution is 5.94. The zero-order valence-corrected chi connectivity index (χ0v) is 12.7. The van der Waals surface area contributed by atoms with Crippen LogP contribution in [-0.2, 0) is 14.3 Å². The molecule has 1 aromatic heterocycles. The van der Waals surface area contributed by atoms with Crippen LogP contribution in [0.5, 0.6) is 0 Å². The molecule has 0 saturated carbocycles. The molecule has 0 unspecified atom stereocenters. The van der Waals surface area contributed by atoms with Gasteiger partial charge >= 0.3 is 5.97 Å². The van der Waals surface area contributed by atoms with E-state index >= 15 is 0 Å². The number of carbonyl (C=O) groups is 2. The minimum atomic E-state index is -0.543. The van der Waals surface area contributed by atoms with Gasteiger partial charge in [0.15, 0.2) is 0 Å². The molecule has 2 rings (SSSR count). The van der Waals surface area contributed by atoms with Crippen LogP contribution in [0.25, 0.3) is 6.08 Å². The molecule has 5 nitrogen and oxygen atoms in total. The van der Waals surface area contributed by atoms with Gasteiger partial charge in [0.25, 0.3) is 0 Å². The third-order valence-corrected chi connectivity index (χ3v) is 3.15. The van der Waals surface area contributed by atoms with E-state index < -0.39 is 11.6 Å². The van der Waals surface area contributed by atoms with Crippen molar-refractivity contribution in [3.63, 3.8) is 0 Å². The molecule has 1 aliphatic heterocycles. The van der Waals surface area contributed by atoms with Gasteiger partial charge in [0, 0.05) is 12.6 Å². The first-order valence-electron chi connectivity index (χ1n) is 7.12. The normalized spacial score (nSPS) is 19.2. The summed E-state index contributed by atoms with van der Waals surface area (Å²) in [7, 11) is 0. The summed E-state index contributed by atoms with van der Waals surface area (Å²) in [4.78, 5) is 25.9. The zero-order chi connectivity index (χ0) is 15.5. The van der Waals surface area contributed by atoms with Crippen LogP contribution in [-0.4, -0.2) is 35.0 Å². The van der Waals surface area contributed by atoms with Crippen LogP contribution in [0.2, 0.25) is 0 Å². The molecule has 114 valence electrons. The summed E-state index contributed by atoms with van der Waals surface area (Å²) in [5.74, 6) is 0.0795. The molecule has 0 spiro atoms. The van der Waals surface area contributed by atoms with Crippen LogP contribution in [0.4, 0.5) is 0 Å². The highest BCUT2D eigenvalue weighted by atomic mass is 16.6. The van der Waals surface area contributed by atoms with Gasteiger partial charge in [0.1, 0.15) is 17.4 Å². The molecular formula is C16H21NO4. The molecular weight excluding hydrogens is 270 g/mol. The van der Waals surface area contributed by atoms with Crippen molar-refractivity contribution in [2.45, 2.75) is 45.3 Å². The standard InChI is InChI=1S/C16H21NO4/c1-16(2,3)21-15(19)13-7-4-10-17(13)14(18)9-8-12-6-5-11-20-12/h5-6,8-9,11,13H,4,7,10H2,1-3H3/b9-8+/t13-/m0/s1. The predicted octanol–water partition coefficient (Wildman–Crippen LogP) is 2.63. The van der Waals surface area contributed by atoms with Crippen molar-refractivity contribution in [3.05, 3.63) is 30.2 Å². The average Bonchev–Trinajstić information content (AvgIpc) is 3.05. The Morgan fingerprint density at radius 3 is 2.81 bits per heavy atom. The van der Waals surface area contributed by atoms with E-state index in [1.165, 1.54) is 6.08 Å². The van der Waals surface area contributed by atoms with Crippen molar-refractivity contribution in [3.8, 4) is 0 Å². The highest BCUT2D eigenvalue weighted by Gasteiger charge is 2.36. The van der Waals surface area contributed by atoms with E-state index in [0.29, 0.717) is 18.7 Å². The minimum absolute atomic E-state index is 0.195. The first-order valence-corrected chi connectivity index (χ1v) is 7.12. The summed E-state index contributed by atoms with van der Waals surface area (Å²) in [6, 6.07) is 3.03. The summed E-state index contributed by atoms with van der Waals surface area (Å²) < 4.78 is 10.5. The number of nitrogens with zero attached hydrogens (tertiary/aromatic N) is 1. The Bertz CT molecular complexity index is 525. The second-order valence-corrected chi connectivity index (χ2v) is 6.07. The van der Waals surface area contributed by atoms with E-state index in [1.54, 1.807) is 29.4 Å².